The number of esters is 1. The third-order valence-electron chi connectivity index (χ3n) is 2.06. The Bertz CT molecular complexity index is 385. The highest BCUT2D eigenvalue weighted by molar-refractivity contribution is 6.42. The van der Waals surface area contributed by atoms with Gasteiger partial charge in [0, 0.05) is 6.04 Å². The fourth-order valence-corrected chi connectivity index (χ4v) is 1.57. The Hall–Kier alpha value is -0.480. The summed E-state index contributed by atoms with van der Waals surface area (Å²) in [7, 11) is 0. The lowest BCUT2D eigenvalue weighted by atomic mass is 10.1. The van der Waals surface area contributed by atoms with Gasteiger partial charge in [-0.1, -0.05) is 29.3 Å². The molecule has 1 atom stereocenters. The molecule has 0 saturated heterocycles. The van der Waals surface area contributed by atoms with Crippen LogP contribution in [-0.4, -0.2) is 12.6 Å². The van der Waals surface area contributed by atoms with E-state index in [0.717, 1.165) is 5.56 Å². The summed E-state index contributed by atoms with van der Waals surface area (Å²) < 4.78 is 4.81. The van der Waals surface area contributed by atoms with Gasteiger partial charge in [0.05, 0.1) is 23.1 Å². The lowest BCUT2D eigenvalue weighted by molar-refractivity contribution is -0.143. The Kier molecular flexibility index (Phi) is 7.55. The number of carbonyl (C=O) groups excluding carboxylic acids is 1. The largest absolute Gasteiger partial charge is 0.466 e. The van der Waals surface area contributed by atoms with Gasteiger partial charge in [0.2, 0.25) is 0 Å². The molecule has 1 aromatic carbocycles. The van der Waals surface area contributed by atoms with Gasteiger partial charge < -0.3 is 10.5 Å². The predicted molar refractivity (Wildman–Crippen MR) is 71.9 cm³/mol. The van der Waals surface area contributed by atoms with Gasteiger partial charge >= 0.3 is 5.97 Å². The van der Waals surface area contributed by atoms with Crippen molar-refractivity contribution < 1.29 is 9.53 Å². The van der Waals surface area contributed by atoms with Crippen LogP contribution in [0.1, 0.15) is 24.9 Å². The zero-order valence-corrected chi connectivity index (χ0v) is 11.6. The van der Waals surface area contributed by atoms with Crippen molar-refractivity contribution in [3.05, 3.63) is 33.8 Å². The Labute approximate surface area is 117 Å². The fourth-order valence-electron chi connectivity index (χ4n) is 1.26. The van der Waals surface area contributed by atoms with E-state index < -0.39 is 6.04 Å². The van der Waals surface area contributed by atoms with E-state index in [-0.39, 0.29) is 24.8 Å². The molecule has 0 spiro atoms. The van der Waals surface area contributed by atoms with E-state index in [2.05, 4.69) is 0 Å². The number of benzene rings is 1. The highest BCUT2D eigenvalue weighted by Crippen LogP contribution is 2.26. The number of halogens is 3. The maximum Gasteiger partial charge on any atom is 0.307 e. The van der Waals surface area contributed by atoms with E-state index >= 15 is 0 Å². The van der Waals surface area contributed by atoms with Gasteiger partial charge in [-0.3, -0.25) is 4.79 Å². The van der Waals surface area contributed by atoms with E-state index in [1.165, 1.54) is 0 Å². The average molecular weight is 299 g/mol. The van der Waals surface area contributed by atoms with Crippen LogP contribution in [-0.2, 0) is 9.53 Å². The molecule has 0 heterocycles. The Balaban J connectivity index is 0.00000256. The Morgan fingerprint density at radius 3 is 2.59 bits per heavy atom. The van der Waals surface area contributed by atoms with Gasteiger partial charge in [-0.15, -0.1) is 12.4 Å². The van der Waals surface area contributed by atoms with Crippen LogP contribution in [0, 0.1) is 0 Å². The molecule has 6 heteroatoms. The van der Waals surface area contributed by atoms with Crippen molar-refractivity contribution in [3.8, 4) is 0 Å². The molecule has 1 unspecified atom stereocenters. The van der Waals surface area contributed by atoms with Gasteiger partial charge in [0.25, 0.3) is 0 Å². The number of ether oxygens (including phenoxy) is 1. The van der Waals surface area contributed by atoms with Crippen molar-refractivity contribution in [2.24, 2.45) is 5.73 Å². The van der Waals surface area contributed by atoms with Crippen LogP contribution in [0.2, 0.25) is 10.0 Å². The Morgan fingerprint density at radius 1 is 1.41 bits per heavy atom. The molecule has 0 aliphatic carbocycles. The summed E-state index contributed by atoms with van der Waals surface area (Å²) in [4.78, 5) is 11.2. The van der Waals surface area contributed by atoms with Gasteiger partial charge in [0.1, 0.15) is 0 Å². The molecular weight excluding hydrogens is 284 g/mol. The summed E-state index contributed by atoms with van der Waals surface area (Å²) in [6.07, 6.45) is 0.131. The van der Waals surface area contributed by atoms with E-state index in [4.69, 9.17) is 33.7 Å². The molecule has 0 bridgehead atoms. The summed E-state index contributed by atoms with van der Waals surface area (Å²) >= 11 is 11.6. The number of hydrogen-bond acceptors (Lipinski definition) is 3. The van der Waals surface area contributed by atoms with Crippen molar-refractivity contribution in [2.75, 3.05) is 6.61 Å². The van der Waals surface area contributed by atoms with E-state index in [9.17, 15) is 4.79 Å². The summed E-state index contributed by atoms with van der Waals surface area (Å²) in [5.41, 5.74) is 6.61. The van der Waals surface area contributed by atoms with Crippen LogP contribution in [0.5, 0.6) is 0 Å². The second-order valence-corrected chi connectivity index (χ2v) is 4.10. The second kappa shape index (κ2) is 7.77. The third kappa shape index (κ3) is 5.13. The standard InChI is InChI=1S/C11H13Cl2NO2.ClH/c1-2-16-11(15)6-10(14)7-3-4-8(12)9(13)5-7;/h3-5,10H,2,6,14H2,1H3;1H. The highest BCUT2D eigenvalue weighted by atomic mass is 35.5. The van der Waals surface area contributed by atoms with Crippen molar-refractivity contribution in [1.29, 1.82) is 0 Å². The van der Waals surface area contributed by atoms with E-state index in [0.29, 0.717) is 16.7 Å². The Morgan fingerprint density at radius 2 is 2.06 bits per heavy atom. The van der Waals surface area contributed by atoms with Crippen LogP contribution >= 0.6 is 35.6 Å². The molecule has 17 heavy (non-hydrogen) atoms. The second-order valence-electron chi connectivity index (χ2n) is 3.29. The molecule has 0 radical (unpaired) electrons. The van der Waals surface area contributed by atoms with Crippen molar-refractivity contribution in [2.45, 2.75) is 19.4 Å². The first-order chi connectivity index (χ1) is 7.54. The molecule has 0 saturated carbocycles. The first-order valence-corrected chi connectivity index (χ1v) is 5.66. The maximum atomic E-state index is 11.2. The number of hydrogen-bond donors (Lipinski definition) is 1. The van der Waals surface area contributed by atoms with E-state index in [1.807, 2.05) is 0 Å². The van der Waals surface area contributed by atoms with Crippen LogP contribution in [0.25, 0.3) is 0 Å². The molecule has 0 aliphatic heterocycles. The SMILES string of the molecule is CCOC(=O)CC(N)c1ccc(Cl)c(Cl)c1.Cl. The molecule has 2 N–H and O–H groups in total. The average Bonchev–Trinajstić information content (AvgIpc) is 2.22. The number of nitrogens with two attached hydrogens (primary N) is 1. The summed E-state index contributed by atoms with van der Waals surface area (Å²) in [6.45, 7) is 2.11. The summed E-state index contributed by atoms with van der Waals surface area (Å²) in [6, 6.07) is 4.64. The molecule has 3 nitrogen and oxygen atoms in total. The third-order valence-corrected chi connectivity index (χ3v) is 2.80. The smallest absolute Gasteiger partial charge is 0.307 e. The van der Waals surface area contributed by atoms with Crippen molar-refractivity contribution in [1.82, 2.24) is 0 Å². The minimum absolute atomic E-state index is 0. The van der Waals surface area contributed by atoms with Crippen LogP contribution in [0.4, 0.5) is 0 Å². The molecule has 1 aromatic rings. The molecular formula is C11H14Cl3NO2. The minimum Gasteiger partial charge on any atom is -0.466 e. The lowest BCUT2D eigenvalue weighted by Crippen LogP contribution is -2.17. The molecule has 0 aromatic heterocycles. The maximum absolute atomic E-state index is 11.2. The molecule has 96 valence electrons. The lowest BCUT2D eigenvalue weighted by Gasteiger charge is -2.11. The highest BCUT2D eigenvalue weighted by Gasteiger charge is 2.13. The zero-order chi connectivity index (χ0) is 12.1. The molecule has 1 rings (SSSR count). The predicted octanol–water partition coefficient (Wildman–Crippen LogP) is 3.37. The fraction of sp³-hybridized carbons (Fsp3) is 0.364. The topological polar surface area (TPSA) is 52.3 Å². The zero-order valence-electron chi connectivity index (χ0n) is 9.28. The van der Waals surface area contributed by atoms with Gasteiger partial charge in [-0.2, -0.15) is 0 Å². The van der Waals surface area contributed by atoms with Crippen LogP contribution < -0.4 is 5.73 Å². The monoisotopic (exact) mass is 297 g/mol. The van der Waals surface area contributed by atoms with Crippen molar-refractivity contribution in [3.63, 3.8) is 0 Å². The van der Waals surface area contributed by atoms with Crippen LogP contribution in [0.3, 0.4) is 0 Å². The van der Waals surface area contributed by atoms with Gasteiger partial charge in [-0.25, -0.2) is 0 Å². The summed E-state index contributed by atoms with van der Waals surface area (Å²) in [5, 5.41) is 0.896. The number of rotatable bonds is 4. The quantitative estimate of drug-likeness (QED) is 0.867. The normalized spacial score (nSPS) is 11.5. The molecule has 0 amide bonds. The first-order valence-electron chi connectivity index (χ1n) is 4.90. The number of carbonyl (C=O) groups is 1. The van der Waals surface area contributed by atoms with Crippen LogP contribution in [0.15, 0.2) is 18.2 Å². The van der Waals surface area contributed by atoms with E-state index in [1.54, 1.807) is 25.1 Å². The summed E-state index contributed by atoms with van der Waals surface area (Å²) in [5.74, 6) is -0.318. The molecule has 0 fully saturated rings. The van der Waals surface area contributed by atoms with Gasteiger partial charge in [0.15, 0.2) is 0 Å². The molecule has 0 aliphatic rings. The van der Waals surface area contributed by atoms with Gasteiger partial charge in [-0.05, 0) is 24.6 Å². The minimum atomic E-state index is -0.422. The first kappa shape index (κ1) is 16.5. The van der Waals surface area contributed by atoms with Crippen molar-refractivity contribution >= 4 is 41.6 Å².